The molecular formula is C18H18F5N5O2. The fourth-order valence-corrected chi connectivity index (χ4v) is 3.80. The van der Waals surface area contributed by atoms with Crippen LogP contribution in [0, 0.1) is 5.82 Å². The summed E-state index contributed by atoms with van der Waals surface area (Å²) in [7, 11) is 0. The van der Waals surface area contributed by atoms with Gasteiger partial charge in [0.2, 0.25) is 0 Å². The Morgan fingerprint density at radius 3 is 2.87 bits per heavy atom. The monoisotopic (exact) mass is 431 g/mol. The number of fused-ring (bicyclic) bond motifs is 3. The molecule has 2 aromatic rings. The second-order valence-corrected chi connectivity index (χ2v) is 7.31. The number of aliphatic hydroxyl groups is 1. The number of rotatable bonds is 2. The number of anilines is 1. The molecule has 7 nitrogen and oxygen atoms in total. The summed E-state index contributed by atoms with van der Waals surface area (Å²) in [4.78, 5) is 17.0. The van der Waals surface area contributed by atoms with Crippen LogP contribution in [0.1, 0.15) is 41.9 Å². The highest BCUT2D eigenvalue weighted by atomic mass is 19.3. The number of urea groups is 1. The molecule has 2 aromatic heterocycles. The zero-order valence-electron chi connectivity index (χ0n) is 15.6. The Kier molecular flexibility index (Phi) is 5.12. The van der Waals surface area contributed by atoms with Crippen LogP contribution in [0.25, 0.3) is 0 Å². The second-order valence-electron chi connectivity index (χ2n) is 7.31. The van der Waals surface area contributed by atoms with E-state index < -0.39 is 48.1 Å². The van der Waals surface area contributed by atoms with Gasteiger partial charge in [0.05, 0.1) is 30.6 Å². The fourth-order valence-electron chi connectivity index (χ4n) is 3.80. The number of carbonyl (C=O) groups excluding carboxylic acids is 1. The van der Waals surface area contributed by atoms with E-state index in [-0.39, 0.29) is 43.7 Å². The largest absolute Gasteiger partial charge is 0.391 e. The van der Waals surface area contributed by atoms with Crippen molar-refractivity contribution in [2.45, 2.75) is 50.8 Å². The number of halogens is 5. The van der Waals surface area contributed by atoms with Gasteiger partial charge in [-0.25, -0.2) is 18.0 Å². The molecule has 2 N–H and O–H groups in total. The predicted octanol–water partition coefficient (Wildman–Crippen LogP) is 3.19. The molecule has 1 atom stereocenters. The highest BCUT2D eigenvalue weighted by Gasteiger charge is 2.43. The zero-order chi connectivity index (χ0) is 21.6. The van der Waals surface area contributed by atoms with Crippen LogP contribution in [0.2, 0.25) is 0 Å². The van der Waals surface area contributed by atoms with E-state index in [1.807, 2.05) is 0 Å². The first-order valence-corrected chi connectivity index (χ1v) is 9.30. The minimum Gasteiger partial charge on any atom is -0.391 e. The third-order valence-electron chi connectivity index (χ3n) is 5.27. The minimum atomic E-state index is -3.22. The Bertz CT molecular complexity index is 980. The number of nitrogens with zero attached hydrogens (tertiary/aromatic N) is 4. The van der Waals surface area contributed by atoms with Crippen molar-refractivity contribution in [2.24, 2.45) is 0 Å². The predicted molar refractivity (Wildman–Crippen MR) is 93.6 cm³/mol. The smallest absolute Gasteiger partial charge is 0.322 e. The van der Waals surface area contributed by atoms with E-state index in [9.17, 15) is 31.9 Å². The van der Waals surface area contributed by atoms with E-state index in [1.165, 1.54) is 4.90 Å². The summed E-state index contributed by atoms with van der Waals surface area (Å²) >= 11 is 0. The summed E-state index contributed by atoms with van der Waals surface area (Å²) < 4.78 is 70.2. The highest BCUT2D eigenvalue weighted by Crippen LogP contribution is 2.40. The lowest BCUT2D eigenvalue weighted by atomic mass is 10.00. The topological polar surface area (TPSA) is 83.3 Å². The Labute approximate surface area is 167 Å². The van der Waals surface area contributed by atoms with Crippen molar-refractivity contribution in [1.29, 1.82) is 0 Å². The average Bonchev–Trinajstić information content (AvgIpc) is 3.00. The van der Waals surface area contributed by atoms with Crippen LogP contribution in [0.5, 0.6) is 0 Å². The van der Waals surface area contributed by atoms with Crippen molar-refractivity contribution in [2.75, 3.05) is 11.9 Å². The molecule has 2 aliphatic rings. The first-order chi connectivity index (χ1) is 14.2. The Morgan fingerprint density at radius 1 is 1.37 bits per heavy atom. The van der Waals surface area contributed by atoms with Crippen molar-refractivity contribution in [3.63, 3.8) is 0 Å². The molecule has 0 saturated carbocycles. The molecule has 0 saturated heterocycles. The number of carbonyl (C=O) groups is 1. The molecule has 0 spiro atoms. The maximum atomic E-state index is 14.7. The molecule has 30 heavy (non-hydrogen) atoms. The SMILES string of the molecule is O=C(Nc1ccnc(C(F)F)c1F)N1CCc2nn3c(c2C1)C(F)(F)CCC(O)C3. The molecular weight excluding hydrogens is 413 g/mol. The molecule has 2 amide bonds. The normalized spacial score (nSPS) is 20.5. The van der Waals surface area contributed by atoms with E-state index >= 15 is 0 Å². The molecule has 0 fully saturated rings. The summed E-state index contributed by atoms with van der Waals surface area (Å²) in [6, 6.07) is 0.221. The summed E-state index contributed by atoms with van der Waals surface area (Å²) in [6.07, 6.45) is -3.59. The molecule has 4 heterocycles. The van der Waals surface area contributed by atoms with E-state index in [2.05, 4.69) is 15.4 Å². The van der Waals surface area contributed by atoms with E-state index in [4.69, 9.17) is 0 Å². The van der Waals surface area contributed by atoms with Crippen LogP contribution in [-0.4, -0.2) is 43.5 Å². The van der Waals surface area contributed by atoms with Crippen molar-refractivity contribution in [3.8, 4) is 0 Å². The molecule has 2 aliphatic heterocycles. The molecule has 12 heteroatoms. The Hall–Kier alpha value is -2.76. The lowest BCUT2D eigenvalue weighted by Gasteiger charge is -2.28. The van der Waals surface area contributed by atoms with Gasteiger partial charge in [-0.1, -0.05) is 0 Å². The highest BCUT2D eigenvalue weighted by molar-refractivity contribution is 5.89. The van der Waals surface area contributed by atoms with Gasteiger partial charge in [-0.05, 0) is 12.5 Å². The summed E-state index contributed by atoms with van der Waals surface area (Å²) in [5.41, 5.74) is -1.29. The van der Waals surface area contributed by atoms with Gasteiger partial charge in [0, 0.05) is 31.1 Å². The van der Waals surface area contributed by atoms with Crippen molar-refractivity contribution >= 4 is 11.7 Å². The average molecular weight is 431 g/mol. The van der Waals surface area contributed by atoms with E-state index in [0.717, 1.165) is 16.9 Å². The molecule has 4 rings (SSSR count). The quantitative estimate of drug-likeness (QED) is 0.716. The van der Waals surface area contributed by atoms with Gasteiger partial charge >= 0.3 is 6.03 Å². The summed E-state index contributed by atoms with van der Waals surface area (Å²) in [5.74, 6) is -4.57. The maximum Gasteiger partial charge on any atom is 0.322 e. The number of pyridine rings is 1. The number of hydrogen-bond donors (Lipinski definition) is 2. The van der Waals surface area contributed by atoms with Gasteiger partial charge in [0.1, 0.15) is 11.4 Å². The molecule has 162 valence electrons. The number of amides is 2. The first kappa shape index (κ1) is 20.5. The van der Waals surface area contributed by atoms with Gasteiger partial charge in [-0.15, -0.1) is 0 Å². The van der Waals surface area contributed by atoms with Crippen molar-refractivity contribution in [1.82, 2.24) is 19.7 Å². The number of nitrogens with one attached hydrogen (secondary N) is 1. The fraction of sp³-hybridized carbons (Fsp3) is 0.500. The Balaban J connectivity index is 1.58. The number of aliphatic hydroxyl groups excluding tert-OH is 1. The summed E-state index contributed by atoms with van der Waals surface area (Å²) in [6.45, 7) is -0.142. The maximum absolute atomic E-state index is 14.7. The third-order valence-corrected chi connectivity index (χ3v) is 5.27. The molecule has 0 bridgehead atoms. The number of alkyl halides is 4. The van der Waals surface area contributed by atoms with Gasteiger partial charge in [-0.3, -0.25) is 9.67 Å². The summed E-state index contributed by atoms with van der Waals surface area (Å²) in [5, 5.41) is 16.2. The number of hydrogen-bond acceptors (Lipinski definition) is 4. The van der Waals surface area contributed by atoms with Crippen LogP contribution in [0.4, 0.5) is 32.4 Å². The van der Waals surface area contributed by atoms with Crippen LogP contribution >= 0.6 is 0 Å². The molecule has 0 aromatic carbocycles. The third kappa shape index (κ3) is 3.59. The van der Waals surface area contributed by atoms with Crippen molar-refractivity contribution in [3.05, 3.63) is 40.7 Å². The molecule has 0 aliphatic carbocycles. The van der Waals surface area contributed by atoms with Gasteiger partial charge in [0.25, 0.3) is 12.3 Å². The minimum absolute atomic E-state index is 0.0667. The second kappa shape index (κ2) is 7.49. The van der Waals surface area contributed by atoms with E-state index in [1.54, 1.807) is 0 Å². The van der Waals surface area contributed by atoms with Gasteiger partial charge < -0.3 is 15.3 Å². The van der Waals surface area contributed by atoms with Crippen molar-refractivity contribution < 1.29 is 31.9 Å². The number of aromatic nitrogens is 3. The first-order valence-electron chi connectivity index (χ1n) is 9.30. The lowest BCUT2D eigenvalue weighted by Crippen LogP contribution is -2.39. The van der Waals surface area contributed by atoms with Crippen LogP contribution < -0.4 is 5.32 Å². The van der Waals surface area contributed by atoms with Gasteiger partial charge in [-0.2, -0.15) is 13.9 Å². The van der Waals surface area contributed by atoms with Crippen LogP contribution in [-0.2, 0) is 25.4 Å². The van der Waals surface area contributed by atoms with Gasteiger partial charge in [0.15, 0.2) is 5.82 Å². The van der Waals surface area contributed by atoms with Crippen LogP contribution in [0.3, 0.4) is 0 Å². The standard InChI is InChI=1S/C18H18F5N5O2/c19-13-12(2-5-24-14(13)16(20)21)25-17(30)27-6-3-11-10(8-27)15-18(22,23)4-1-9(29)7-28(15)26-11/h2,5,9,16,29H,1,3-4,6-8H2,(H,24,25,30). The Morgan fingerprint density at radius 2 is 2.13 bits per heavy atom. The lowest BCUT2D eigenvalue weighted by molar-refractivity contribution is -0.0248. The zero-order valence-corrected chi connectivity index (χ0v) is 15.6. The molecule has 0 radical (unpaired) electrons. The molecule has 1 unspecified atom stereocenters. The van der Waals surface area contributed by atoms with E-state index in [0.29, 0.717) is 5.69 Å². The van der Waals surface area contributed by atoms with Crippen LogP contribution in [0.15, 0.2) is 12.3 Å².